The first-order valence-electron chi connectivity index (χ1n) is 9.83. The zero-order chi connectivity index (χ0) is 24.0. The molecule has 0 atom stereocenters. The minimum atomic E-state index is -5.08. The molecule has 1 amide bonds. The normalized spacial score (nSPS) is 14.2. The SMILES string of the molecule is O=C(Nc1ccccc1Br)c1cnn2ccc(N3CCCNCC3)nc12.O=C(O)C(F)(F)F. The van der Waals surface area contributed by atoms with Gasteiger partial charge in [-0.1, -0.05) is 12.1 Å². The molecule has 3 aromatic rings. The van der Waals surface area contributed by atoms with Gasteiger partial charge >= 0.3 is 12.1 Å². The summed E-state index contributed by atoms with van der Waals surface area (Å²) < 4.78 is 34.2. The van der Waals surface area contributed by atoms with Crippen LogP contribution < -0.4 is 15.5 Å². The fourth-order valence-electron chi connectivity index (χ4n) is 3.02. The number of carbonyl (C=O) groups is 2. The number of nitrogens with zero attached hydrogens (tertiary/aromatic N) is 4. The third kappa shape index (κ3) is 6.42. The lowest BCUT2D eigenvalue weighted by molar-refractivity contribution is -0.192. The van der Waals surface area contributed by atoms with E-state index in [1.165, 1.54) is 0 Å². The highest BCUT2D eigenvalue weighted by atomic mass is 79.9. The van der Waals surface area contributed by atoms with Gasteiger partial charge in [0, 0.05) is 30.3 Å². The van der Waals surface area contributed by atoms with E-state index in [9.17, 15) is 18.0 Å². The van der Waals surface area contributed by atoms with Crippen LogP contribution in [0.2, 0.25) is 0 Å². The smallest absolute Gasteiger partial charge is 0.475 e. The Hall–Kier alpha value is -3.19. The molecule has 3 heterocycles. The van der Waals surface area contributed by atoms with E-state index in [1.807, 2.05) is 36.5 Å². The number of benzene rings is 1. The Morgan fingerprint density at radius 3 is 2.58 bits per heavy atom. The second-order valence-electron chi connectivity index (χ2n) is 6.94. The number of carboxylic acids is 1. The van der Waals surface area contributed by atoms with Gasteiger partial charge in [-0.15, -0.1) is 0 Å². The molecule has 2 aromatic heterocycles. The molecule has 33 heavy (non-hydrogen) atoms. The predicted molar refractivity (Wildman–Crippen MR) is 118 cm³/mol. The zero-order valence-electron chi connectivity index (χ0n) is 17.1. The van der Waals surface area contributed by atoms with E-state index in [-0.39, 0.29) is 5.91 Å². The molecule has 13 heteroatoms. The summed E-state index contributed by atoms with van der Waals surface area (Å²) in [5, 5.41) is 17.7. The van der Waals surface area contributed by atoms with E-state index in [4.69, 9.17) is 14.9 Å². The second kappa shape index (κ2) is 10.6. The number of hydrogen-bond donors (Lipinski definition) is 3. The van der Waals surface area contributed by atoms with Crippen LogP contribution in [0.3, 0.4) is 0 Å². The van der Waals surface area contributed by atoms with E-state index >= 15 is 0 Å². The average molecular weight is 529 g/mol. The largest absolute Gasteiger partial charge is 0.490 e. The van der Waals surface area contributed by atoms with Crippen molar-refractivity contribution < 1.29 is 27.9 Å². The minimum Gasteiger partial charge on any atom is -0.475 e. The lowest BCUT2D eigenvalue weighted by atomic mass is 10.2. The van der Waals surface area contributed by atoms with Gasteiger partial charge in [-0.05, 0) is 47.1 Å². The first kappa shape index (κ1) is 24.5. The molecule has 4 rings (SSSR count). The van der Waals surface area contributed by atoms with Crippen LogP contribution in [-0.2, 0) is 4.79 Å². The Balaban J connectivity index is 0.000000383. The number of carbonyl (C=O) groups excluding carboxylic acids is 1. The first-order chi connectivity index (χ1) is 15.7. The van der Waals surface area contributed by atoms with Crippen LogP contribution in [0.5, 0.6) is 0 Å². The highest BCUT2D eigenvalue weighted by molar-refractivity contribution is 9.10. The van der Waals surface area contributed by atoms with Gasteiger partial charge in [-0.2, -0.15) is 18.3 Å². The van der Waals surface area contributed by atoms with Crippen LogP contribution in [0, 0.1) is 0 Å². The van der Waals surface area contributed by atoms with Crippen molar-refractivity contribution in [2.45, 2.75) is 12.6 Å². The Kier molecular flexibility index (Phi) is 7.87. The number of aliphatic carboxylic acids is 1. The molecular formula is C20H20BrF3N6O3. The predicted octanol–water partition coefficient (Wildman–Crippen LogP) is 3.18. The molecule has 1 fully saturated rings. The van der Waals surface area contributed by atoms with Gasteiger partial charge in [-0.25, -0.2) is 14.3 Å². The number of amides is 1. The van der Waals surface area contributed by atoms with Crippen molar-refractivity contribution in [2.75, 3.05) is 36.4 Å². The number of anilines is 2. The zero-order valence-corrected chi connectivity index (χ0v) is 18.7. The van der Waals surface area contributed by atoms with Crippen molar-refractivity contribution in [3.8, 4) is 0 Å². The Morgan fingerprint density at radius 1 is 1.15 bits per heavy atom. The van der Waals surface area contributed by atoms with Crippen molar-refractivity contribution in [3.05, 3.63) is 52.8 Å². The number of alkyl halides is 3. The molecule has 1 aliphatic rings. The van der Waals surface area contributed by atoms with Crippen molar-refractivity contribution in [3.63, 3.8) is 0 Å². The Morgan fingerprint density at radius 2 is 1.88 bits per heavy atom. The molecule has 0 saturated carbocycles. The average Bonchev–Trinajstić information content (AvgIpc) is 3.00. The summed E-state index contributed by atoms with van der Waals surface area (Å²) in [7, 11) is 0. The molecule has 0 aliphatic carbocycles. The monoisotopic (exact) mass is 528 g/mol. The van der Waals surface area contributed by atoms with Crippen LogP contribution in [0.25, 0.3) is 5.65 Å². The summed E-state index contributed by atoms with van der Waals surface area (Å²) in [4.78, 5) is 28.6. The van der Waals surface area contributed by atoms with E-state index in [1.54, 1.807) is 10.7 Å². The van der Waals surface area contributed by atoms with Crippen LogP contribution >= 0.6 is 15.9 Å². The number of carboxylic acid groups (broad SMARTS) is 1. The highest BCUT2D eigenvalue weighted by Gasteiger charge is 2.38. The number of halogens is 4. The van der Waals surface area contributed by atoms with Gasteiger partial charge < -0.3 is 20.6 Å². The number of fused-ring (bicyclic) bond motifs is 1. The Labute approximate surface area is 194 Å². The summed E-state index contributed by atoms with van der Waals surface area (Å²) in [6, 6.07) is 9.45. The third-order valence-electron chi connectivity index (χ3n) is 4.63. The maximum atomic E-state index is 12.7. The van der Waals surface area contributed by atoms with Crippen molar-refractivity contribution >= 4 is 45.0 Å². The fourth-order valence-corrected chi connectivity index (χ4v) is 3.41. The van der Waals surface area contributed by atoms with Crippen molar-refractivity contribution in [1.29, 1.82) is 0 Å². The minimum absolute atomic E-state index is 0.228. The highest BCUT2D eigenvalue weighted by Crippen LogP contribution is 2.23. The quantitative estimate of drug-likeness (QED) is 0.478. The number of para-hydroxylation sites is 1. The second-order valence-corrected chi connectivity index (χ2v) is 7.79. The van der Waals surface area contributed by atoms with Crippen LogP contribution in [-0.4, -0.2) is 63.9 Å². The van der Waals surface area contributed by atoms with Gasteiger partial charge in [0.15, 0.2) is 5.65 Å². The van der Waals surface area contributed by atoms with E-state index in [0.717, 1.165) is 42.9 Å². The molecule has 3 N–H and O–H groups in total. The molecule has 1 saturated heterocycles. The molecule has 176 valence electrons. The molecule has 1 aliphatic heterocycles. The number of aromatic nitrogens is 3. The van der Waals surface area contributed by atoms with Gasteiger partial charge in [0.1, 0.15) is 11.4 Å². The molecule has 0 bridgehead atoms. The molecule has 1 aromatic carbocycles. The maximum Gasteiger partial charge on any atom is 0.490 e. The van der Waals surface area contributed by atoms with E-state index < -0.39 is 12.1 Å². The number of nitrogens with one attached hydrogen (secondary N) is 2. The van der Waals surface area contributed by atoms with Crippen LogP contribution in [0.1, 0.15) is 16.8 Å². The van der Waals surface area contributed by atoms with Gasteiger partial charge in [0.25, 0.3) is 5.91 Å². The van der Waals surface area contributed by atoms with Crippen molar-refractivity contribution in [2.24, 2.45) is 0 Å². The molecular weight excluding hydrogens is 509 g/mol. The van der Waals surface area contributed by atoms with Gasteiger partial charge in [0.2, 0.25) is 0 Å². The van der Waals surface area contributed by atoms with Gasteiger partial charge in [0.05, 0.1) is 11.9 Å². The fraction of sp³-hybridized carbons (Fsp3) is 0.300. The summed E-state index contributed by atoms with van der Waals surface area (Å²) >= 11 is 3.45. The lowest BCUT2D eigenvalue weighted by Gasteiger charge is -2.20. The van der Waals surface area contributed by atoms with Gasteiger partial charge in [-0.3, -0.25) is 4.79 Å². The summed E-state index contributed by atoms with van der Waals surface area (Å²) in [5.41, 5.74) is 1.73. The first-order valence-corrected chi connectivity index (χ1v) is 10.6. The summed E-state index contributed by atoms with van der Waals surface area (Å²) in [6.07, 6.45) is -0.602. The summed E-state index contributed by atoms with van der Waals surface area (Å²) in [6.45, 7) is 3.80. The molecule has 0 spiro atoms. The van der Waals surface area contributed by atoms with Crippen LogP contribution in [0.4, 0.5) is 24.7 Å². The topological polar surface area (TPSA) is 112 Å². The standard InChI is InChI=1S/C18H19BrN6O.C2HF3O2/c19-14-4-1-2-5-15(14)22-18(26)13-12-21-25-10-6-16(23-17(13)25)24-9-3-7-20-8-11-24;3-2(4,5)1(6)7/h1-2,4-6,10,12,20H,3,7-9,11H2,(H,22,26);(H,6,7). The van der Waals surface area contributed by atoms with E-state index in [0.29, 0.717) is 16.9 Å². The maximum absolute atomic E-state index is 12.7. The van der Waals surface area contributed by atoms with E-state index in [2.05, 4.69) is 36.6 Å². The Bertz CT molecular complexity index is 1130. The van der Waals surface area contributed by atoms with Crippen LogP contribution in [0.15, 0.2) is 47.2 Å². The van der Waals surface area contributed by atoms with Crippen molar-refractivity contribution in [1.82, 2.24) is 19.9 Å². The lowest BCUT2D eigenvalue weighted by Crippen LogP contribution is -2.28. The summed E-state index contributed by atoms with van der Waals surface area (Å²) in [5.74, 6) is -2.11. The number of hydrogen-bond acceptors (Lipinski definition) is 6. The molecule has 0 radical (unpaired) electrons. The molecule has 0 unspecified atom stereocenters. The number of rotatable bonds is 3. The molecule has 9 nitrogen and oxygen atoms in total. The third-order valence-corrected chi connectivity index (χ3v) is 5.32.